The number of ether oxygens (including phenoxy) is 1. The lowest BCUT2D eigenvalue weighted by atomic mass is 10.3. The van der Waals surface area contributed by atoms with Gasteiger partial charge in [-0.1, -0.05) is 11.6 Å². The standard InChI is InChI=1S/C11H9ClN2O/c12-11-7-14-5-3-9(11)8-15-10-2-1-4-13-6-10/h1-7H,8H2. The minimum Gasteiger partial charge on any atom is -0.487 e. The third-order valence-electron chi connectivity index (χ3n) is 1.89. The average Bonchev–Trinajstić information content (AvgIpc) is 2.29. The number of aromatic nitrogens is 2. The summed E-state index contributed by atoms with van der Waals surface area (Å²) in [5.41, 5.74) is 0.913. The molecule has 0 aliphatic heterocycles. The molecule has 0 amide bonds. The zero-order valence-corrected chi connectivity index (χ0v) is 8.69. The van der Waals surface area contributed by atoms with Gasteiger partial charge in [0.25, 0.3) is 0 Å². The van der Waals surface area contributed by atoms with Crippen LogP contribution < -0.4 is 4.74 Å². The van der Waals surface area contributed by atoms with E-state index in [0.29, 0.717) is 11.6 Å². The highest BCUT2D eigenvalue weighted by Gasteiger charge is 2.00. The largest absolute Gasteiger partial charge is 0.487 e. The summed E-state index contributed by atoms with van der Waals surface area (Å²) in [4.78, 5) is 7.85. The second kappa shape index (κ2) is 4.75. The van der Waals surface area contributed by atoms with Crippen LogP contribution in [0, 0.1) is 0 Å². The van der Waals surface area contributed by atoms with Gasteiger partial charge >= 0.3 is 0 Å². The van der Waals surface area contributed by atoms with Crippen molar-refractivity contribution in [3.8, 4) is 5.75 Å². The fraction of sp³-hybridized carbons (Fsp3) is 0.0909. The number of nitrogens with zero attached hydrogens (tertiary/aromatic N) is 2. The monoisotopic (exact) mass is 220 g/mol. The Labute approximate surface area is 92.7 Å². The summed E-state index contributed by atoms with van der Waals surface area (Å²) in [5, 5.41) is 0.612. The first-order chi connectivity index (χ1) is 7.36. The zero-order chi connectivity index (χ0) is 10.5. The predicted octanol–water partition coefficient (Wildman–Crippen LogP) is 2.71. The molecule has 15 heavy (non-hydrogen) atoms. The lowest BCUT2D eigenvalue weighted by molar-refractivity contribution is 0.305. The van der Waals surface area contributed by atoms with Crippen LogP contribution in [0.5, 0.6) is 5.75 Å². The maximum atomic E-state index is 5.93. The Balaban J connectivity index is 2.03. The Morgan fingerprint density at radius 2 is 2.00 bits per heavy atom. The summed E-state index contributed by atoms with van der Waals surface area (Å²) in [5.74, 6) is 0.727. The smallest absolute Gasteiger partial charge is 0.138 e. The third kappa shape index (κ3) is 2.67. The van der Waals surface area contributed by atoms with Gasteiger partial charge in [0.1, 0.15) is 12.4 Å². The molecule has 0 aliphatic carbocycles. The minimum absolute atomic E-state index is 0.424. The molecule has 3 nitrogen and oxygen atoms in total. The molecule has 2 aromatic heterocycles. The average molecular weight is 221 g/mol. The Kier molecular flexibility index (Phi) is 3.15. The van der Waals surface area contributed by atoms with Gasteiger partial charge in [0, 0.05) is 24.2 Å². The SMILES string of the molecule is Clc1cnccc1COc1cccnc1. The van der Waals surface area contributed by atoms with Crippen molar-refractivity contribution < 1.29 is 4.74 Å². The molecule has 2 rings (SSSR count). The van der Waals surface area contributed by atoms with E-state index in [0.717, 1.165) is 11.3 Å². The van der Waals surface area contributed by atoms with Gasteiger partial charge in [0.05, 0.1) is 11.2 Å². The van der Waals surface area contributed by atoms with E-state index in [2.05, 4.69) is 9.97 Å². The van der Waals surface area contributed by atoms with Crippen LogP contribution in [-0.2, 0) is 6.61 Å². The zero-order valence-electron chi connectivity index (χ0n) is 7.93. The van der Waals surface area contributed by atoms with Crippen molar-refractivity contribution >= 4 is 11.6 Å². The molecule has 0 N–H and O–H groups in total. The number of pyridine rings is 2. The van der Waals surface area contributed by atoms with Gasteiger partial charge < -0.3 is 4.74 Å². The fourth-order valence-corrected chi connectivity index (χ4v) is 1.29. The minimum atomic E-state index is 0.424. The van der Waals surface area contributed by atoms with Gasteiger partial charge in [-0.2, -0.15) is 0 Å². The van der Waals surface area contributed by atoms with Crippen LogP contribution in [0.25, 0.3) is 0 Å². The highest BCUT2D eigenvalue weighted by Crippen LogP contribution is 2.16. The van der Waals surface area contributed by atoms with Crippen molar-refractivity contribution in [3.05, 3.63) is 53.6 Å². The molecular formula is C11H9ClN2O. The number of hydrogen-bond acceptors (Lipinski definition) is 3. The maximum Gasteiger partial charge on any atom is 0.138 e. The Morgan fingerprint density at radius 1 is 1.13 bits per heavy atom. The molecule has 0 fully saturated rings. The Morgan fingerprint density at radius 3 is 2.73 bits per heavy atom. The summed E-state index contributed by atoms with van der Waals surface area (Å²) in [6.07, 6.45) is 6.65. The van der Waals surface area contributed by atoms with Crippen LogP contribution >= 0.6 is 11.6 Å². The molecule has 0 radical (unpaired) electrons. The quantitative estimate of drug-likeness (QED) is 0.798. The second-order valence-electron chi connectivity index (χ2n) is 2.94. The van der Waals surface area contributed by atoms with E-state index in [1.807, 2.05) is 18.2 Å². The lowest BCUT2D eigenvalue weighted by Crippen LogP contribution is -1.96. The molecule has 0 saturated heterocycles. The normalized spacial score (nSPS) is 9.93. The van der Waals surface area contributed by atoms with Crippen molar-refractivity contribution in [2.45, 2.75) is 6.61 Å². The van der Waals surface area contributed by atoms with Crippen LogP contribution in [0.1, 0.15) is 5.56 Å². The summed E-state index contributed by atoms with van der Waals surface area (Å²) in [6.45, 7) is 0.424. The highest BCUT2D eigenvalue weighted by molar-refractivity contribution is 6.31. The van der Waals surface area contributed by atoms with Crippen molar-refractivity contribution in [1.29, 1.82) is 0 Å². The van der Waals surface area contributed by atoms with Crippen molar-refractivity contribution in [3.63, 3.8) is 0 Å². The second-order valence-corrected chi connectivity index (χ2v) is 3.35. The van der Waals surface area contributed by atoms with Gasteiger partial charge in [0.15, 0.2) is 0 Å². The van der Waals surface area contributed by atoms with Crippen LogP contribution in [-0.4, -0.2) is 9.97 Å². The molecule has 0 saturated carbocycles. The highest BCUT2D eigenvalue weighted by atomic mass is 35.5. The van der Waals surface area contributed by atoms with E-state index in [1.165, 1.54) is 0 Å². The van der Waals surface area contributed by atoms with Gasteiger partial charge in [-0.25, -0.2) is 0 Å². The summed E-state index contributed by atoms with van der Waals surface area (Å²) in [7, 11) is 0. The van der Waals surface area contributed by atoms with E-state index in [9.17, 15) is 0 Å². The molecule has 0 aromatic carbocycles. The van der Waals surface area contributed by atoms with E-state index >= 15 is 0 Å². The fourth-order valence-electron chi connectivity index (χ4n) is 1.11. The van der Waals surface area contributed by atoms with Gasteiger partial charge in [-0.05, 0) is 18.2 Å². The van der Waals surface area contributed by atoms with Crippen LogP contribution in [0.15, 0.2) is 43.0 Å². The topological polar surface area (TPSA) is 35.0 Å². The summed E-state index contributed by atoms with van der Waals surface area (Å²) in [6, 6.07) is 5.50. The lowest BCUT2D eigenvalue weighted by Gasteiger charge is -2.06. The predicted molar refractivity (Wildman–Crippen MR) is 57.8 cm³/mol. The van der Waals surface area contributed by atoms with E-state index < -0.39 is 0 Å². The van der Waals surface area contributed by atoms with Gasteiger partial charge in [-0.15, -0.1) is 0 Å². The first-order valence-electron chi connectivity index (χ1n) is 4.47. The van der Waals surface area contributed by atoms with Crippen molar-refractivity contribution in [2.75, 3.05) is 0 Å². The molecule has 0 aliphatic rings. The van der Waals surface area contributed by atoms with Gasteiger partial charge in [-0.3, -0.25) is 9.97 Å². The molecule has 0 bridgehead atoms. The van der Waals surface area contributed by atoms with Crippen LogP contribution in [0.3, 0.4) is 0 Å². The molecular weight excluding hydrogens is 212 g/mol. The molecule has 0 unspecified atom stereocenters. The first kappa shape index (κ1) is 9.93. The van der Waals surface area contributed by atoms with Crippen LogP contribution in [0.4, 0.5) is 0 Å². The third-order valence-corrected chi connectivity index (χ3v) is 2.23. The van der Waals surface area contributed by atoms with Crippen molar-refractivity contribution in [1.82, 2.24) is 9.97 Å². The number of hydrogen-bond donors (Lipinski definition) is 0. The molecule has 2 aromatic rings. The summed E-state index contributed by atoms with van der Waals surface area (Å²) >= 11 is 5.93. The van der Waals surface area contributed by atoms with Crippen molar-refractivity contribution in [2.24, 2.45) is 0 Å². The van der Waals surface area contributed by atoms with E-state index in [1.54, 1.807) is 24.8 Å². The molecule has 0 spiro atoms. The molecule has 4 heteroatoms. The Bertz CT molecular complexity index is 434. The molecule has 76 valence electrons. The number of rotatable bonds is 3. The first-order valence-corrected chi connectivity index (χ1v) is 4.85. The molecule has 0 atom stereocenters. The van der Waals surface area contributed by atoms with Crippen LogP contribution in [0.2, 0.25) is 5.02 Å². The maximum absolute atomic E-state index is 5.93. The van der Waals surface area contributed by atoms with Gasteiger partial charge in [0.2, 0.25) is 0 Å². The Hall–Kier alpha value is -1.61. The molecule has 2 heterocycles. The van der Waals surface area contributed by atoms with E-state index in [-0.39, 0.29) is 0 Å². The van der Waals surface area contributed by atoms with E-state index in [4.69, 9.17) is 16.3 Å². The number of halogens is 1. The summed E-state index contributed by atoms with van der Waals surface area (Å²) < 4.78 is 5.50.